The van der Waals surface area contributed by atoms with Gasteiger partial charge in [0.2, 0.25) is 0 Å². The van der Waals surface area contributed by atoms with Crippen molar-refractivity contribution in [3.8, 4) is 5.75 Å². The number of methoxy groups -OCH3 is 1. The molecule has 0 saturated carbocycles. The molecule has 0 fully saturated rings. The summed E-state index contributed by atoms with van der Waals surface area (Å²) in [5.74, 6) is 0.551. The highest BCUT2D eigenvalue weighted by Crippen LogP contribution is 2.29. The van der Waals surface area contributed by atoms with E-state index in [2.05, 4.69) is 15.2 Å². The number of halogens is 1. The summed E-state index contributed by atoms with van der Waals surface area (Å²) in [6.07, 6.45) is 1.41. The molecular weight excluding hydrogens is 444 g/mol. The maximum atomic E-state index is 13.0. The van der Waals surface area contributed by atoms with Crippen LogP contribution in [0.4, 0.5) is 17.1 Å². The smallest absolute Gasteiger partial charge is 0.270 e. The minimum atomic E-state index is -4.18. The highest BCUT2D eigenvalue weighted by atomic mass is 35.5. The highest BCUT2D eigenvalue weighted by molar-refractivity contribution is 7.92. The van der Waals surface area contributed by atoms with Crippen molar-refractivity contribution in [2.45, 2.75) is 4.90 Å². The summed E-state index contributed by atoms with van der Waals surface area (Å²) in [6, 6.07) is 16.5. The van der Waals surface area contributed by atoms with Crippen molar-refractivity contribution in [3.63, 3.8) is 0 Å². The van der Waals surface area contributed by atoms with E-state index in [4.69, 9.17) is 16.3 Å². The number of nitro groups is 1. The number of hydrazone groups is 1. The van der Waals surface area contributed by atoms with Crippen LogP contribution in [0.3, 0.4) is 0 Å². The van der Waals surface area contributed by atoms with Crippen molar-refractivity contribution in [3.05, 3.63) is 87.4 Å². The Morgan fingerprint density at radius 1 is 1.10 bits per heavy atom. The summed E-state index contributed by atoms with van der Waals surface area (Å²) >= 11 is 6.07. The Morgan fingerprint density at radius 2 is 1.81 bits per heavy atom. The number of nitrogens with one attached hydrogen (secondary N) is 2. The SMILES string of the molecule is COc1ccc(NS(=O)(=O)c2cc([N+](=O)[O-])ccc2N/N=C\c2ccccc2Cl)cc1. The molecule has 3 aromatic carbocycles. The van der Waals surface area contributed by atoms with Crippen LogP contribution in [0.15, 0.2) is 76.7 Å². The van der Waals surface area contributed by atoms with Crippen molar-refractivity contribution in [1.82, 2.24) is 0 Å². The molecule has 9 nitrogen and oxygen atoms in total. The van der Waals surface area contributed by atoms with Crippen LogP contribution < -0.4 is 14.9 Å². The summed E-state index contributed by atoms with van der Waals surface area (Å²) in [5, 5.41) is 15.6. The summed E-state index contributed by atoms with van der Waals surface area (Å²) in [5.41, 5.74) is 3.16. The van der Waals surface area contributed by atoms with Crippen LogP contribution in [0.25, 0.3) is 0 Å². The number of sulfonamides is 1. The Hall–Kier alpha value is -3.63. The van der Waals surface area contributed by atoms with Crippen LogP contribution in [-0.4, -0.2) is 26.7 Å². The van der Waals surface area contributed by atoms with Crippen molar-refractivity contribution in [2.75, 3.05) is 17.3 Å². The van der Waals surface area contributed by atoms with Gasteiger partial charge in [0.1, 0.15) is 10.6 Å². The number of nitrogens with zero attached hydrogens (tertiary/aromatic N) is 2. The predicted octanol–water partition coefficient (Wildman–Crippen LogP) is 4.50. The van der Waals surface area contributed by atoms with Crippen LogP contribution in [-0.2, 0) is 10.0 Å². The third-order valence-electron chi connectivity index (χ3n) is 4.10. The Kier molecular flexibility index (Phi) is 6.73. The molecule has 0 saturated heterocycles. The summed E-state index contributed by atoms with van der Waals surface area (Å²) in [6.45, 7) is 0. The van der Waals surface area contributed by atoms with E-state index in [-0.39, 0.29) is 22.0 Å². The molecule has 160 valence electrons. The van der Waals surface area contributed by atoms with Crippen molar-refractivity contribution < 1.29 is 18.1 Å². The zero-order valence-corrected chi connectivity index (χ0v) is 17.7. The summed E-state index contributed by atoms with van der Waals surface area (Å²) < 4.78 is 33.4. The van der Waals surface area contributed by atoms with E-state index in [1.807, 2.05) is 0 Å². The van der Waals surface area contributed by atoms with E-state index in [1.54, 1.807) is 36.4 Å². The van der Waals surface area contributed by atoms with Gasteiger partial charge in [0.15, 0.2) is 0 Å². The number of anilines is 2. The highest BCUT2D eigenvalue weighted by Gasteiger charge is 2.22. The molecule has 31 heavy (non-hydrogen) atoms. The molecule has 11 heteroatoms. The molecule has 0 unspecified atom stereocenters. The zero-order valence-electron chi connectivity index (χ0n) is 16.2. The van der Waals surface area contributed by atoms with Crippen LogP contribution in [0.2, 0.25) is 5.02 Å². The van der Waals surface area contributed by atoms with E-state index in [0.29, 0.717) is 16.3 Å². The molecule has 0 aliphatic heterocycles. The lowest BCUT2D eigenvalue weighted by molar-refractivity contribution is -0.385. The molecule has 0 heterocycles. The van der Waals surface area contributed by atoms with Crippen molar-refractivity contribution in [2.24, 2.45) is 5.10 Å². The zero-order chi connectivity index (χ0) is 22.4. The molecule has 0 amide bonds. The molecule has 0 spiro atoms. The van der Waals surface area contributed by atoms with Gasteiger partial charge >= 0.3 is 0 Å². The number of ether oxygens (including phenoxy) is 1. The number of rotatable bonds is 8. The molecule has 3 aromatic rings. The lowest BCUT2D eigenvalue weighted by Crippen LogP contribution is -2.15. The van der Waals surface area contributed by atoms with Crippen LogP contribution in [0.1, 0.15) is 5.56 Å². The third kappa shape index (κ3) is 5.50. The predicted molar refractivity (Wildman–Crippen MR) is 120 cm³/mol. The van der Waals surface area contributed by atoms with Gasteiger partial charge in [-0.05, 0) is 36.4 Å². The Balaban J connectivity index is 1.93. The number of benzene rings is 3. The quantitative estimate of drug-likeness (QED) is 0.290. The lowest BCUT2D eigenvalue weighted by Gasteiger charge is -2.12. The second-order valence-electron chi connectivity index (χ2n) is 6.16. The molecule has 3 rings (SSSR count). The van der Waals surface area contributed by atoms with Gasteiger partial charge in [-0.3, -0.25) is 20.3 Å². The molecular formula is C20H17ClN4O5S. The van der Waals surface area contributed by atoms with E-state index < -0.39 is 14.9 Å². The molecule has 0 aliphatic carbocycles. The maximum Gasteiger partial charge on any atom is 0.270 e. The minimum Gasteiger partial charge on any atom is -0.497 e. The Morgan fingerprint density at radius 3 is 2.45 bits per heavy atom. The Labute approximate surface area is 183 Å². The standard InChI is InChI=1S/C20H17ClN4O5S/c1-30-17-9-6-15(7-10-17)24-31(28,29)20-12-16(25(26)27)8-11-19(20)23-22-13-14-4-2-3-5-18(14)21/h2-13,23-24H,1H3/b22-13-. The van der Waals surface area contributed by atoms with E-state index in [1.165, 1.54) is 37.6 Å². The lowest BCUT2D eigenvalue weighted by atomic mass is 10.2. The second-order valence-corrected chi connectivity index (χ2v) is 8.22. The summed E-state index contributed by atoms with van der Waals surface area (Å²) in [4.78, 5) is 10.2. The normalized spacial score (nSPS) is 11.3. The van der Waals surface area contributed by atoms with Crippen LogP contribution in [0, 0.1) is 10.1 Å². The molecule has 0 atom stereocenters. The number of hydrogen-bond donors (Lipinski definition) is 2. The monoisotopic (exact) mass is 460 g/mol. The fraction of sp³-hybridized carbons (Fsp3) is 0.0500. The van der Waals surface area contributed by atoms with E-state index >= 15 is 0 Å². The number of nitro benzene ring substituents is 1. The van der Waals surface area contributed by atoms with E-state index in [0.717, 1.165) is 6.07 Å². The van der Waals surface area contributed by atoms with Gasteiger partial charge < -0.3 is 4.74 Å². The van der Waals surface area contributed by atoms with Crippen molar-refractivity contribution in [1.29, 1.82) is 0 Å². The first kappa shape index (κ1) is 22.1. The van der Waals surface area contributed by atoms with Gasteiger partial charge in [-0.25, -0.2) is 8.42 Å². The van der Waals surface area contributed by atoms with Gasteiger partial charge in [0, 0.05) is 28.4 Å². The van der Waals surface area contributed by atoms with E-state index in [9.17, 15) is 18.5 Å². The maximum absolute atomic E-state index is 13.0. The topological polar surface area (TPSA) is 123 Å². The largest absolute Gasteiger partial charge is 0.497 e. The van der Waals surface area contributed by atoms with Crippen molar-refractivity contribution >= 4 is 44.9 Å². The first-order chi connectivity index (χ1) is 14.8. The molecule has 0 bridgehead atoms. The molecule has 0 radical (unpaired) electrons. The first-order valence-electron chi connectivity index (χ1n) is 8.79. The van der Waals surface area contributed by atoms with Gasteiger partial charge in [0.05, 0.1) is 23.9 Å². The van der Waals surface area contributed by atoms with Gasteiger partial charge in [0.25, 0.3) is 15.7 Å². The number of hydrogen-bond acceptors (Lipinski definition) is 7. The van der Waals surface area contributed by atoms with Crippen LogP contribution >= 0.6 is 11.6 Å². The average molecular weight is 461 g/mol. The van der Waals surface area contributed by atoms with Gasteiger partial charge in [-0.1, -0.05) is 29.8 Å². The first-order valence-corrected chi connectivity index (χ1v) is 10.7. The van der Waals surface area contributed by atoms with Crippen LogP contribution in [0.5, 0.6) is 5.75 Å². The third-order valence-corrected chi connectivity index (χ3v) is 5.87. The van der Waals surface area contributed by atoms with Gasteiger partial charge in [-0.15, -0.1) is 0 Å². The molecule has 2 N–H and O–H groups in total. The fourth-order valence-corrected chi connectivity index (χ4v) is 3.98. The fourth-order valence-electron chi connectivity index (χ4n) is 2.56. The molecule has 0 aliphatic rings. The number of non-ortho nitro benzene ring substituents is 1. The Bertz CT molecular complexity index is 1230. The van der Waals surface area contributed by atoms with Gasteiger partial charge in [-0.2, -0.15) is 5.10 Å². The minimum absolute atomic E-state index is 0.0508. The second kappa shape index (κ2) is 9.45. The summed E-state index contributed by atoms with van der Waals surface area (Å²) in [7, 11) is -2.69. The molecule has 0 aromatic heterocycles. The average Bonchev–Trinajstić information content (AvgIpc) is 2.75.